The van der Waals surface area contributed by atoms with Crippen molar-refractivity contribution in [3.05, 3.63) is 29.3 Å². The maximum atomic E-state index is 12.6. The average molecular weight is 329 g/mol. The number of carbonyl (C=O) groups excluding carboxylic acids is 2. The number of rotatable bonds is 4. The van der Waals surface area contributed by atoms with Gasteiger partial charge in [-0.05, 0) is 25.0 Å². The Kier molecular flexibility index (Phi) is 3.56. The Labute approximate surface area is 138 Å². The van der Waals surface area contributed by atoms with E-state index in [1.165, 1.54) is 0 Å². The molecule has 2 aromatic rings. The second kappa shape index (κ2) is 5.60. The van der Waals surface area contributed by atoms with Crippen LogP contribution >= 0.6 is 11.3 Å². The molecule has 2 amide bonds. The molecule has 120 valence electrons. The van der Waals surface area contributed by atoms with E-state index in [1.54, 1.807) is 23.3 Å². The Morgan fingerprint density at radius 1 is 1.39 bits per heavy atom. The third kappa shape index (κ3) is 2.83. The van der Waals surface area contributed by atoms with Crippen LogP contribution in [0.15, 0.2) is 24.3 Å². The van der Waals surface area contributed by atoms with Crippen molar-refractivity contribution in [3.63, 3.8) is 0 Å². The first kappa shape index (κ1) is 14.6. The minimum absolute atomic E-state index is 0.0563. The predicted molar refractivity (Wildman–Crippen MR) is 88.9 cm³/mol. The van der Waals surface area contributed by atoms with Gasteiger partial charge in [0, 0.05) is 26.1 Å². The van der Waals surface area contributed by atoms with Gasteiger partial charge in [-0.15, -0.1) is 11.3 Å². The predicted octanol–water partition coefficient (Wildman–Crippen LogP) is 2.27. The largest absolute Gasteiger partial charge is 0.339 e. The number of amides is 2. The minimum Gasteiger partial charge on any atom is -0.339 e. The second-order valence-corrected chi connectivity index (χ2v) is 7.56. The normalized spacial score (nSPS) is 21.2. The van der Waals surface area contributed by atoms with Gasteiger partial charge in [0.15, 0.2) is 0 Å². The molecule has 0 radical (unpaired) electrons. The molecular weight excluding hydrogens is 310 g/mol. The van der Waals surface area contributed by atoms with Crippen LogP contribution < -0.4 is 0 Å². The SMILES string of the molecule is CN(Cc1nc2ccccc2s1)C(=O)[C@@H]1CC(=O)N(C2CC2)C1. The van der Waals surface area contributed by atoms with Gasteiger partial charge in [0.25, 0.3) is 0 Å². The molecule has 4 rings (SSSR count). The highest BCUT2D eigenvalue weighted by Crippen LogP contribution is 2.33. The van der Waals surface area contributed by atoms with Crippen LogP contribution in [0.5, 0.6) is 0 Å². The first-order chi connectivity index (χ1) is 11.1. The van der Waals surface area contributed by atoms with E-state index in [2.05, 4.69) is 4.98 Å². The molecule has 0 N–H and O–H groups in total. The number of likely N-dealkylation sites (tertiary alicyclic amines) is 1. The van der Waals surface area contributed by atoms with Crippen LogP contribution in [-0.2, 0) is 16.1 Å². The summed E-state index contributed by atoms with van der Waals surface area (Å²) >= 11 is 1.62. The number of para-hydroxylation sites is 1. The van der Waals surface area contributed by atoms with E-state index in [9.17, 15) is 9.59 Å². The number of hydrogen-bond acceptors (Lipinski definition) is 4. The fourth-order valence-corrected chi connectivity index (χ4v) is 4.24. The summed E-state index contributed by atoms with van der Waals surface area (Å²) in [5, 5.41) is 0.936. The topological polar surface area (TPSA) is 53.5 Å². The van der Waals surface area contributed by atoms with Crippen LogP contribution in [0.2, 0.25) is 0 Å². The average Bonchev–Trinajstić information content (AvgIpc) is 3.18. The highest BCUT2D eigenvalue weighted by Gasteiger charge is 2.42. The highest BCUT2D eigenvalue weighted by atomic mass is 32.1. The van der Waals surface area contributed by atoms with Crippen molar-refractivity contribution in [1.29, 1.82) is 0 Å². The number of carbonyl (C=O) groups is 2. The van der Waals surface area contributed by atoms with Crippen molar-refractivity contribution in [2.24, 2.45) is 5.92 Å². The van der Waals surface area contributed by atoms with Gasteiger partial charge in [0.2, 0.25) is 11.8 Å². The monoisotopic (exact) mass is 329 g/mol. The molecule has 5 nitrogen and oxygen atoms in total. The van der Waals surface area contributed by atoms with Crippen molar-refractivity contribution in [2.75, 3.05) is 13.6 Å². The summed E-state index contributed by atoms with van der Waals surface area (Å²) in [6.07, 6.45) is 2.54. The molecule has 2 aliphatic rings. The molecule has 1 aliphatic heterocycles. The van der Waals surface area contributed by atoms with Gasteiger partial charge in [0.05, 0.1) is 22.7 Å². The van der Waals surface area contributed by atoms with Gasteiger partial charge in [-0.3, -0.25) is 9.59 Å². The molecular formula is C17H19N3O2S. The van der Waals surface area contributed by atoms with E-state index in [-0.39, 0.29) is 17.7 Å². The first-order valence-corrected chi connectivity index (χ1v) is 8.82. The fraction of sp³-hybridized carbons (Fsp3) is 0.471. The van der Waals surface area contributed by atoms with Crippen molar-refractivity contribution < 1.29 is 9.59 Å². The number of hydrogen-bond donors (Lipinski definition) is 0. The van der Waals surface area contributed by atoms with E-state index in [0.717, 1.165) is 28.1 Å². The van der Waals surface area contributed by atoms with Gasteiger partial charge in [-0.25, -0.2) is 4.98 Å². The molecule has 23 heavy (non-hydrogen) atoms. The first-order valence-electron chi connectivity index (χ1n) is 8.00. The van der Waals surface area contributed by atoms with Gasteiger partial charge in [0.1, 0.15) is 5.01 Å². The van der Waals surface area contributed by atoms with Crippen molar-refractivity contribution >= 4 is 33.4 Å². The van der Waals surface area contributed by atoms with Gasteiger partial charge in [-0.2, -0.15) is 0 Å². The maximum absolute atomic E-state index is 12.6. The number of nitrogens with zero attached hydrogens (tertiary/aromatic N) is 3. The lowest BCUT2D eigenvalue weighted by Gasteiger charge is -2.20. The Morgan fingerprint density at radius 3 is 2.91 bits per heavy atom. The van der Waals surface area contributed by atoms with Crippen LogP contribution in [0.25, 0.3) is 10.2 Å². The lowest BCUT2D eigenvalue weighted by Crippen LogP contribution is -2.34. The fourth-order valence-electron chi connectivity index (χ4n) is 3.22. The zero-order valence-corrected chi connectivity index (χ0v) is 13.9. The number of benzene rings is 1. The van der Waals surface area contributed by atoms with E-state index >= 15 is 0 Å². The third-order valence-electron chi connectivity index (χ3n) is 4.58. The molecule has 1 saturated carbocycles. The molecule has 0 spiro atoms. The van der Waals surface area contributed by atoms with Crippen molar-refractivity contribution in [2.45, 2.75) is 31.8 Å². The Hall–Kier alpha value is -1.95. The van der Waals surface area contributed by atoms with E-state index in [1.807, 2.05) is 29.2 Å². The summed E-state index contributed by atoms with van der Waals surface area (Å²) in [5.74, 6) is 0.00229. The molecule has 2 heterocycles. The molecule has 1 aromatic carbocycles. The van der Waals surface area contributed by atoms with E-state index in [0.29, 0.717) is 25.6 Å². The summed E-state index contributed by atoms with van der Waals surface area (Å²) in [5.41, 5.74) is 0.976. The van der Waals surface area contributed by atoms with Crippen LogP contribution in [-0.4, -0.2) is 46.2 Å². The molecule has 1 atom stereocenters. The minimum atomic E-state index is -0.192. The molecule has 0 unspecified atom stereocenters. The highest BCUT2D eigenvalue weighted by molar-refractivity contribution is 7.18. The van der Waals surface area contributed by atoms with E-state index < -0.39 is 0 Å². The molecule has 1 aliphatic carbocycles. The third-order valence-corrected chi connectivity index (χ3v) is 5.60. The lowest BCUT2D eigenvalue weighted by molar-refractivity contribution is -0.135. The molecule has 1 saturated heterocycles. The van der Waals surface area contributed by atoms with Crippen LogP contribution in [0.3, 0.4) is 0 Å². The molecule has 6 heteroatoms. The zero-order chi connectivity index (χ0) is 16.0. The number of thiazole rings is 1. The standard InChI is InChI=1S/C17H19N3O2S/c1-19(10-15-18-13-4-2-3-5-14(13)23-15)17(22)11-8-16(21)20(9-11)12-6-7-12/h2-5,11-12H,6-10H2,1H3/t11-/m1/s1. The van der Waals surface area contributed by atoms with Crippen LogP contribution in [0.1, 0.15) is 24.3 Å². The smallest absolute Gasteiger partial charge is 0.228 e. The van der Waals surface area contributed by atoms with Gasteiger partial charge in [-0.1, -0.05) is 12.1 Å². The summed E-state index contributed by atoms with van der Waals surface area (Å²) in [6.45, 7) is 1.10. The summed E-state index contributed by atoms with van der Waals surface area (Å²) < 4.78 is 1.14. The van der Waals surface area contributed by atoms with Crippen molar-refractivity contribution in [3.8, 4) is 0 Å². The number of fused-ring (bicyclic) bond motifs is 1. The Balaban J connectivity index is 1.43. The van der Waals surface area contributed by atoms with Crippen LogP contribution in [0.4, 0.5) is 0 Å². The Morgan fingerprint density at radius 2 is 2.17 bits per heavy atom. The molecule has 1 aromatic heterocycles. The van der Waals surface area contributed by atoms with Crippen molar-refractivity contribution in [1.82, 2.24) is 14.8 Å². The molecule has 2 fully saturated rings. The maximum Gasteiger partial charge on any atom is 0.228 e. The summed E-state index contributed by atoms with van der Waals surface area (Å²) in [6, 6.07) is 8.39. The van der Waals surface area contributed by atoms with Gasteiger partial charge < -0.3 is 9.80 Å². The molecule has 0 bridgehead atoms. The summed E-state index contributed by atoms with van der Waals surface area (Å²) in [4.78, 5) is 32.8. The zero-order valence-electron chi connectivity index (χ0n) is 13.1. The quantitative estimate of drug-likeness (QED) is 0.864. The Bertz CT molecular complexity index is 735. The van der Waals surface area contributed by atoms with Crippen LogP contribution in [0, 0.1) is 5.92 Å². The lowest BCUT2D eigenvalue weighted by atomic mass is 10.1. The van der Waals surface area contributed by atoms with E-state index in [4.69, 9.17) is 0 Å². The summed E-state index contributed by atoms with van der Waals surface area (Å²) in [7, 11) is 1.80. The van der Waals surface area contributed by atoms with Gasteiger partial charge >= 0.3 is 0 Å². The second-order valence-electron chi connectivity index (χ2n) is 6.45. The number of aromatic nitrogens is 1.